The van der Waals surface area contributed by atoms with Gasteiger partial charge in [-0.15, -0.1) is 17.4 Å². The van der Waals surface area contributed by atoms with Crippen molar-refractivity contribution >= 4 is 54.3 Å². The number of nitrogens with zero attached hydrogens (tertiary/aromatic N) is 6. The SMILES string of the molecule is CN(CC(=O)OC(C)(C)C)/C(=N\O)NC(=O)OC(C)(C)C.CN(CC(=O)OC(C)(C)C)/C(N)=N\O.CNCC(=O)OC(C)(C)C.Cl.[C-]#[N+]N(C)CC(=O)OC(C)(C)C. The highest BCUT2D eigenvalue weighted by Crippen LogP contribution is 2.10. The molecule has 6 N–H and O–H groups in total. The molecule has 0 aromatic heterocycles. The van der Waals surface area contributed by atoms with E-state index >= 15 is 0 Å². The zero-order chi connectivity index (χ0) is 46.2. The molecule has 0 aliphatic rings. The fourth-order valence-electron chi connectivity index (χ4n) is 3.08. The predicted molar refractivity (Wildman–Crippen MR) is 221 cm³/mol. The van der Waals surface area contributed by atoms with Crippen molar-refractivity contribution in [2.75, 3.05) is 54.4 Å². The van der Waals surface area contributed by atoms with E-state index in [1.165, 1.54) is 36.0 Å². The van der Waals surface area contributed by atoms with Crippen LogP contribution in [0.5, 0.6) is 0 Å². The van der Waals surface area contributed by atoms with Crippen molar-refractivity contribution in [3.8, 4) is 0 Å². The molecule has 0 aromatic rings. The van der Waals surface area contributed by atoms with E-state index in [1.807, 2.05) is 20.8 Å². The van der Waals surface area contributed by atoms with Crippen LogP contribution in [0.1, 0.15) is 104 Å². The summed E-state index contributed by atoms with van der Waals surface area (Å²) in [6.07, 6.45) is -0.786. The topological polar surface area (TPSA) is 261 Å². The van der Waals surface area contributed by atoms with E-state index in [-0.39, 0.29) is 68.0 Å². The highest BCUT2D eigenvalue weighted by Gasteiger charge is 2.23. The smallest absolute Gasteiger partial charge is 0.414 e. The van der Waals surface area contributed by atoms with Crippen LogP contribution < -0.4 is 16.4 Å². The number of hydrogen-bond donors (Lipinski definition) is 5. The van der Waals surface area contributed by atoms with Gasteiger partial charge in [0.1, 0.15) is 41.1 Å². The van der Waals surface area contributed by atoms with E-state index < -0.39 is 40.4 Å². The molecule has 0 atom stereocenters. The molecule has 22 heteroatoms. The normalized spacial score (nSPS) is 11.6. The Balaban J connectivity index is -0.000000223. The van der Waals surface area contributed by atoms with Gasteiger partial charge in [-0.3, -0.25) is 19.7 Å². The average Bonchev–Trinajstić information content (AvgIpc) is 2.95. The van der Waals surface area contributed by atoms with Crippen molar-refractivity contribution in [3.05, 3.63) is 11.5 Å². The third kappa shape index (κ3) is 45.4. The fourth-order valence-corrected chi connectivity index (χ4v) is 3.08. The number of likely N-dealkylation sites (N-methyl/N-ethyl adjacent to an activating group) is 4. The summed E-state index contributed by atoms with van der Waals surface area (Å²) in [7, 11) is 6.25. The van der Waals surface area contributed by atoms with Crippen molar-refractivity contribution in [3.63, 3.8) is 0 Å². The van der Waals surface area contributed by atoms with Crippen molar-refractivity contribution < 1.29 is 58.1 Å². The molecule has 58 heavy (non-hydrogen) atoms. The van der Waals surface area contributed by atoms with Crippen LogP contribution in [0.2, 0.25) is 0 Å². The first-order valence-electron chi connectivity index (χ1n) is 17.6. The predicted octanol–water partition coefficient (Wildman–Crippen LogP) is 3.56. The number of guanidine groups is 2. The molecule has 0 radical (unpaired) electrons. The lowest BCUT2D eigenvalue weighted by molar-refractivity contribution is -0.156. The van der Waals surface area contributed by atoms with Gasteiger partial charge < -0.3 is 54.9 Å². The quantitative estimate of drug-likeness (QED) is 0.0445. The summed E-state index contributed by atoms with van der Waals surface area (Å²) in [6.45, 7) is 33.2. The Hall–Kier alpha value is -4.97. The van der Waals surface area contributed by atoms with Gasteiger partial charge in [0.25, 0.3) is 0 Å². The minimum atomic E-state index is -0.786. The Labute approximate surface area is 351 Å². The number of oxime groups is 2. The summed E-state index contributed by atoms with van der Waals surface area (Å²) in [6, 6.07) is 0. The molecule has 21 nitrogen and oxygen atoms in total. The van der Waals surface area contributed by atoms with Gasteiger partial charge in [-0.05, 0) is 111 Å². The molecule has 0 aliphatic heterocycles. The van der Waals surface area contributed by atoms with Crippen molar-refractivity contribution in [2.45, 2.75) is 132 Å². The van der Waals surface area contributed by atoms with Crippen LogP contribution in [0.15, 0.2) is 10.3 Å². The number of carbonyl (C=O) groups is 5. The van der Waals surface area contributed by atoms with E-state index in [2.05, 4.69) is 25.9 Å². The summed E-state index contributed by atoms with van der Waals surface area (Å²) < 4.78 is 25.1. The van der Waals surface area contributed by atoms with E-state index in [0.717, 1.165) is 0 Å². The summed E-state index contributed by atoms with van der Waals surface area (Å²) in [5.41, 5.74) is 2.58. The zero-order valence-corrected chi connectivity index (χ0v) is 38.8. The van der Waals surface area contributed by atoms with Crippen LogP contribution >= 0.6 is 12.4 Å². The molecule has 340 valence electrons. The van der Waals surface area contributed by atoms with Gasteiger partial charge in [0.2, 0.25) is 11.9 Å². The van der Waals surface area contributed by atoms with Crippen LogP contribution in [-0.2, 0) is 42.9 Å². The molecule has 0 fully saturated rings. The molecule has 0 saturated carbocycles. The van der Waals surface area contributed by atoms with Crippen LogP contribution in [0.3, 0.4) is 0 Å². The number of alkyl carbamates (subject to hydrolysis) is 1. The number of nitrogens with one attached hydrogen (secondary N) is 2. The van der Waals surface area contributed by atoms with Gasteiger partial charge >= 0.3 is 30.0 Å². The second-order valence-corrected chi connectivity index (χ2v) is 17.0. The number of halogens is 1. The summed E-state index contributed by atoms with van der Waals surface area (Å²) in [5, 5.41) is 29.1. The molecular formula is C36H72ClN9O12. The van der Waals surface area contributed by atoms with E-state index in [0.29, 0.717) is 0 Å². The first kappa shape index (κ1) is 62.2. The number of esters is 4. The largest absolute Gasteiger partial charge is 0.459 e. The Bertz CT molecular complexity index is 1350. The second kappa shape index (κ2) is 28.4. The number of rotatable bonds is 8. The molecule has 0 unspecified atom stereocenters. The van der Waals surface area contributed by atoms with Crippen LogP contribution in [0.25, 0.3) is 4.95 Å². The van der Waals surface area contributed by atoms with Crippen molar-refractivity contribution in [2.24, 2.45) is 16.0 Å². The number of ether oxygens (including phenoxy) is 5. The Morgan fingerprint density at radius 1 is 0.603 bits per heavy atom. The Kier molecular flexibility index (Phi) is 30.5. The molecule has 0 bridgehead atoms. The van der Waals surface area contributed by atoms with Gasteiger partial charge in [0.15, 0.2) is 6.54 Å². The number of carbonyl (C=O) groups excluding carboxylic acids is 5. The van der Waals surface area contributed by atoms with Crippen LogP contribution in [0.4, 0.5) is 4.79 Å². The molecule has 0 spiro atoms. The highest BCUT2D eigenvalue weighted by atomic mass is 35.5. The molecule has 0 heterocycles. The second-order valence-electron chi connectivity index (χ2n) is 17.0. The third-order valence-corrected chi connectivity index (χ3v) is 4.82. The maximum absolute atomic E-state index is 11.7. The highest BCUT2D eigenvalue weighted by molar-refractivity contribution is 5.95. The molecular weight excluding hydrogens is 786 g/mol. The summed E-state index contributed by atoms with van der Waals surface area (Å²) >= 11 is 0. The lowest BCUT2D eigenvalue weighted by atomic mass is 10.2. The van der Waals surface area contributed by atoms with E-state index in [1.54, 1.807) is 90.1 Å². The van der Waals surface area contributed by atoms with Crippen LogP contribution in [-0.4, -0.2) is 149 Å². The third-order valence-electron chi connectivity index (χ3n) is 4.82. The van der Waals surface area contributed by atoms with E-state index in [4.69, 9.17) is 46.4 Å². The van der Waals surface area contributed by atoms with Gasteiger partial charge in [-0.2, -0.15) is 11.5 Å². The lowest BCUT2D eigenvalue weighted by Gasteiger charge is -2.25. The minimum absolute atomic E-state index is 0. The average molecular weight is 858 g/mol. The Morgan fingerprint density at radius 2 is 0.931 bits per heavy atom. The van der Waals surface area contributed by atoms with E-state index in [9.17, 15) is 24.0 Å². The van der Waals surface area contributed by atoms with Crippen molar-refractivity contribution in [1.82, 2.24) is 25.4 Å². The molecule has 0 rings (SSSR count). The minimum Gasteiger partial charge on any atom is -0.459 e. The summed E-state index contributed by atoms with van der Waals surface area (Å²) in [5.74, 6) is -1.87. The first-order valence-corrected chi connectivity index (χ1v) is 17.6. The fraction of sp³-hybridized carbons (Fsp3) is 0.778. The van der Waals surface area contributed by atoms with Gasteiger partial charge in [-0.1, -0.05) is 10.3 Å². The Morgan fingerprint density at radius 3 is 1.22 bits per heavy atom. The number of hydrogen-bond acceptors (Lipinski definition) is 16. The van der Waals surface area contributed by atoms with Gasteiger partial charge in [-0.25, -0.2) is 9.59 Å². The maximum Gasteiger partial charge on any atom is 0.414 e. The summed E-state index contributed by atoms with van der Waals surface area (Å²) in [4.78, 5) is 61.8. The standard InChI is InChI=1S/C13H25N3O5.C8H17N3O3.C8H14N2O2.C7H15NO2.ClH/c1-12(2,3)20-9(17)8-16(7)10(15-19)14-11(18)21-13(4,5)6;1-8(2,3)14-6(12)5-11(4)7(9)10-13;1-8(2,3)12-7(11)6-10(5)9-4;1-7(2,3)10-6(9)5-8-4;/h19H,8H2,1-7H3,(H,14,15,18);13H,5H2,1-4H3,(H2,9,10);6H2,1-3,5H3;8H,5H2,1-4H3;1H. The van der Waals surface area contributed by atoms with Crippen molar-refractivity contribution in [1.29, 1.82) is 0 Å². The molecule has 0 aromatic carbocycles. The zero-order valence-electron chi connectivity index (χ0n) is 38.0. The number of nitrogens with two attached hydrogens (primary N) is 1. The molecule has 0 saturated heterocycles. The maximum atomic E-state index is 11.7. The molecule has 0 aliphatic carbocycles. The number of amides is 1. The molecule has 1 amide bonds. The first-order chi connectivity index (χ1) is 25.4. The van der Waals surface area contributed by atoms with Gasteiger partial charge in [0, 0.05) is 14.1 Å². The lowest BCUT2D eigenvalue weighted by Crippen LogP contribution is -2.46. The van der Waals surface area contributed by atoms with Gasteiger partial charge in [0.05, 0.1) is 13.6 Å². The monoisotopic (exact) mass is 857 g/mol. The van der Waals surface area contributed by atoms with Crippen LogP contribution in [0, 0.1) is 6.57 Å².